The summed E-state index contributed by atoms with van der Waals surface area (Å²) in [7, 11) is 3.97. The predicted octanol–water partition coefficient (Wildman–Crippen LogP) is 3.19. The summed E-state index contributed by atoms with van der Waals surface area (Å²) in [6, 6.07) is 4.07. The second kappa shape index (κ2) is 5.88. The topological polar surface area (TPSA) is 46.8 Å². The number of anilines is 1. The Morgan fingerprint density at radius 1 is 1.27 bits per heavy atom. The van der Waals surface area contributed by atoms with E-state index in [0.29, 0.717) is 0 Å². The number of rotatable bonds is 4. The summed E-state index contributed by atoms with van der Waals surface area (Å²) in [5.74, 6) is 0.728. The Morgan fingerprint density at radius 2 is 2.09 bits per heavy atom. The normalized spacial score (nSPS) is 10.9. The van der Waals surface area contributed by atoms with Gasteiger partial charge in [-0.2, -0.15) is 16.4 Å². The third-order valence-electron chi connectivity index (χ3n) is 3.75. The highest BCUT2D eigenvalue weighted by molar-refractivity contribution is 7.07. The summed E-state index contributed by atoms with van der Waals surface area (Å²) in [5.41, 5.74) is 5.39. The predicted molar refractivity (Wildman–Crippen MR) is 90.1 cm³/mol. The van der Waals surface area contributed by atoms with Gasteiger partial charge in [-0.1, -0.05) is 0 Å². The van der Waals surface area contributed by atoms with Crippen molar-refractivity contribution in [2.75, 3.05) is 11.9 Å². The molecule has 0 aliphatic rings. The van der Waals surface area contributed by atoms with E-state index in [1.807, 2.05) is 38.0 Å². The minimum absolute atomic E-state index is 0.728. The van der Waals surface area contributed by atoms with Gasteiger partial charge in [0.25, 0.3) is 0 Å². The first-order chi connectivity index (χ1) is 10.6. The van der Waals surface area contributed by atoms with Crippen LogP contribution in [-0.2, 0) is 13.6 Å². The second-order valence-electron chi connectivity index (χ2n) is 5.40. The lowest BCUT2D eigenvalue weighted by Gasteiger charge is -2.16. The first-order valence-corrected chi connectivity index (χ1v) is 8.06. The molecule has 3 heterocycles. The average Bonchev–Trinajstić information content (AvgIpc) is 3.08. The molecule has 5 nitrogen and oxygen atoms in total. The lowest BCUT2D eigenvalue weighted by atomic mass is 10.1. The summed E-state index contributed by atoms with van der Waals surface area (Å²) in [6.45, 7) is 4.88. The Hall–Kier alpha value is -2.21. The fourth-order valence-electron chi connectivity index (χ4n) is 2.54. The van der Waals surface area contributed by atoms with Crippen LogP contribution in [0.5, 0.6) is 0 Å². The van der Waals surface area contributed by atoms with Gasteiger partial charge in [0.05, 0.1) is 11.4 Å². The zero-order valence-electron chi connectivity index (χ0n) is 13.2. The van der Waals surface area contributed by atoms with Gasteiger partial charge in [-0.05, 0) is 42.3 Å². The zero-order chi connectivity index (χ0) is 15.7. The van der Waals surface area contributed by atoms with E-state index in [2.05, 4.69) is 38.7 Å². The molecule has 0 radical (unpaired) electrons. The van der Waals surface area contributed by atoms with Crippen LogP contribution in [0.1, 0.15) is 17.0 Å². The van der Waals surface area contributed by atoms with E-state index in [1.165, 1.54) is 5.56 Å². The van der Waals surface area contributed by atoms with E-state index >= 15 is 0 Å². The van der Waals surface area contributed by atoms with Crippen molar-refractivity contribution in [3.05, 3.63) is 46.0 Å². The summed E-state index contributed by atoms with van der Waals surface area (Å²) in [4.78, 5) is 11.2. The highest BCUT2D eigenvalue weighted by Crippen LogP contribution is 2.25. The molecule has 3 aromatic rings. The molecule has 0 unspecified atom stereocenters. The molecule has 22 heavy (non-hydrogen) atoms. The molecule has 0 fully saturated rings. The molecular formula is C16H19N5S. The fourth-order valence-corrected chi connectivity index (χ4v) is 3.20. The smallest absolute Gasteiger partial charge is 0.225 e. The lowest BCUT2D eigenvalue weighted by Crippen LogP contribution is -2.18. The number of hydrogen-bond acceptors (Lipinski definition) is 5. The number of nitrogens with zero attached hydrogens (tertiary/aromatic N) is 5. The van der Waals surface area contributed by atoms with Crippen molar-refractivity contribution in [1.82, 2.24) is 19.7 Å². The van der Waals surface area contributed by atoms with Crippen molar-refractivity contribution in [2.24, 2.45) is 7.05 Å². The number of aryl methyl sites for hydroxylation is 2. The maximum absolute atomic E-state index is 4.72. The molecule has 0 bridgehead atoms. The monoisotopic (exact) mass is 313 g/mol. The molecule has 0 aliphatic carbocycles. The molecule has 0 saturated carbocycles. The van der Waals surface area contributed by atoms with Gasteiger partial charge in [-0.15, -0.1) is 0 Å². The van der Waals surface area contributed by atoms with Gasteiger partial charge >= 0.3 is 0 Å². The van der Waals surface area contributed by atoms with Crippen molar-refractivity contribution in [1.29, 1.82) is 0 Å². The highest BCUT2D eigenvalue weighted by Gasteiger charge is 2.14. The maximum Gasteiger partial charge on any atom is 0.225 e. The number of hydrogen-bond donors (Lipinski definition) is 0. The zero-order valence-corrected chi connectivity index (χ0v) is 14.1. The Labute approximate surface area is 134 Å². The van der Waals surface area contributed by atoms with E-state index in [-0.39, 0.29) is 0 Å². The molecule has 6 heteroatoms. The van der Waals surface area contributed by atoms with Crippen LogP contribution in [0.3, 0.4) is 0 Å². The van der Waals surface area contributed by atoms with Crippen molar-refractivity contribution in [3.8, 4) is 11.3 Å². The maximum atomic E-state index is 4.72. The largest absolute Gasteiger partial charge is 0.340 e. The molecule has 0 spiro atoms. The van der Waals surface area contributed by atoms with Gasteiger partial charge in [-0.3, -0.25) is 4.68 Å². The van der Waals surface area contributed by atoms with Crippen molar-refractivity contribution >= 4 is 17.3 Å². The summed E-state index contributed by atoms with van der Waals surface area (Å²) < 4.78 is 1.89. The number of aromatic nitrogens is 4. The van der Waals surface area contributed by atoms with Gasteiger partial charge in [-0.25, -0.2) is 9.97 Å². The molecule has 0 N–H and O–H groups in total. The van der Waals surface area contributed by atoms with E-state index < -0.39 is 0 Å². The minimum Gasteiger partial charge on any atom is -0.340 e. The molecule has 3 aromatic heterocycles. The molecule has 0 amide bonds. The molecule has 114 valence electrons. The van der Waals surface area contributed by atoms with Gasteiger partial charge in [0.1, 0.15) is 0 Å². The molecule has 0 atom stereocenters. The molecule has 0 saturated heterocycles. The second-order valence-corrected chi connectivity index (χ2v) is 6.18. The van der Waals surface area contributed by atoms with Crippen LogP contribution in [0.15, 0.2) is 29.1 Å². The van der Waals surface area contributed by atoms with E-state index in [0.717, 1.165) is 35.1 Å². The first kappa shape index (κ1) is 14.7. The van der Waals surface area contributed by atoms with E-state index in [4.69, 9.17) is 4.98 Å². The van der Waals surface area contributed by atoms with Gasteiger partial charge in [0.2, 0.25) is 5.95 Å². The standard InChI is InChI=1S/C16H19N5S/c1-11-15(12(2)21(4)19-11)14-5-7-17-16(18-14)20(3)9-13-6-8-22-10-13/h5-8,10H,9H2,1-4H3. The summed E-state index contributed by atoms with van der Waals surface area (Å²) in [6.07, 6.45) is 1.81. The Balaban J connectivity index is 1.92. The van der Waals surface area contributed by atoms with Gasteiger partial charge in [0, 0.05) is 38.1 Å². The van der Waals surface area contributed by atoms with Crippen molar-refractivity contribution < 1.29 is 0 Å². The Bertz CT molecular complexity index is 776. The molecule has 3 rings (SSSR count). The van der Waals surface area contributed by atoms with Crippen LogP contribution in [0.2, 0.25) is 0 Å². The van der Waals surface area contributed by atoms with Crippen LogP contribution in [0.25, 0.3) is 11.3 Å². The third-order valence-corrected chi connectivity index (χ3v) is 4.48. The Morgan fingerprint density at radius 3 is 2.73 bits per heavy atom. The third kappa shape index (κ3) is 2.74. The molecule has 0 aromatic carbocycles. The Kier molecular flexibility index (Phi) is 3.94. The van der Waals surface area contributed by atoms with E-state index in [1.54, 1.807) is 11.3 Å². The summed E-state index contributed by atoms with van der Waals surface area (Å²) in [5, 5.41) is 8.70. The van der Waals surface area contributed by atoms with E-state index in [9.17, 15) is 0 Å². The highest BCUT2D eigenvalue weighted by atomic mass is 32.1. The SMILES string of the molecule is Cc1nn(C)c(C)c1-c1ccnc(N(C)Cc2ccsc2)n1. The van der Waals surface area contributed by atoms with Crippen LogP contribution in [0, 0.1) is 13.8 Å². The van der Waals surface area contributed by atoms with Crippen LogP contribution < -0.4 is 4.90 Å². The van der Waals surface area contributed by atoms with Crippen LogP contribution in [0.4, 0.5) is 5.95 Å². The summed E-state index contributed by atoms with van der Waals surface area (Å²) >= 11 is 1.70. The van der Waals surface area contributed by atoms with Gasteiger partial charge < -0.3 is 4.90 Å². The molecular weight excluding hydrogens is 294 g/mol. The van der Waals surface area contributed by atoms with Crippen LogP contribution in [-0.4, -0.2) is 26.8 Å². The van der Waals surface area contributed by atoms with Gasteiger partial charge in [0.15, 0.2) is 0 Å². The van der Waals surface area contributed by atoms with Crippen LogP contribution >= 0.6 is 11.3 Å². The van der Waals surface area contributed by atoms with Crippen molar-refractivity contribution in [3.63, 3.8) is 0 Å². The lowest BCUT2D eigenvalue weighted by molar-refractivity contribution is 0.731. The first-order valence-electron chi connectivity index (χ1n) is 7.12. The average molecular weight is 313 g/mol. The fraction of sp³-hybridized carbons (Fsp3) is 0.312. The molecule has 0 aliphatic heterocycles. The number of thiophene rings is 1. The minimum atomic E-state index is 0.728. The van der Waals surface area contributed by atoms with Crippen molar-refractivity contribution in [2.45, 2.75) is 20.4 Å². The quantitative estimate of drug-likeness (QED) is 0.742.